The van der Waals surface area contributed by atoms with Crippen LogP contribution in [0.5, 0.6) is 5.75 Å². The Labute approximate surface area is 160 Å². The lowest BCUT2D eigenvalue weighted by atomic mass is 10.0. The van der Waals surface area contributed by atoms with E-state index in [-0.39, 0.29) is 16.5 Å². The minimum atomic E-state index is -3.66. The number of sulfonamides is 1. The molecular weight excluding hydrogens is 364 g/mol. The van der Waals surface area contributed by atoms with Crippen LogP contribution in [0.2, 0.25) is 0 Å². The van der Waals surface area contributed by atoms with Crippen LogP contribution in [0, 0.1) is 0 Å². The molecule has 146 valence electrons. The molecular formula is C19H26N4O3S. The van der Waals surface area contributed by atoms with Crippen molar-refractivity contribution in [1.82, 2.24) is 14.5 Å². The maximum Gasteiger partial charge on any atom is 0.244 e. The van der Waals surface area contributed by atoms with Gasteiger partial charge in [0.2, 0.25) is 10.0 Å². The average molecular weight is 391 g/mol. The summed E-state index contributed by atoms with van der Waals surface area (Å²) in [4.78, 5) is 2.42. The highest BCUT2D eigenvalue weighted by Gasteiger charge is 2.36. The summed E-state index contributed by atoms with van der Waals surface area (Å²) in [6.07, 6.45) is 6.23. The molecule has 2 aliphatic rings. The number of nitrogens with one attached hydrogen (secondary N) is 1. The summed E-state index contributed by atoms with van der Waals surface area (Å²) < 4.78 is 36.8. The van der Waals surface area contributed by atoms with Gasteiger partial charge in [-0.25, -0.2) is 13.1 Å². The zero-order valence-corrected chi connectivity index (χ0v) is 16.8. The van der Waals surface area contributed by atoms with Crippen LogP contribution in [0.25, 0.3) is 0 Å². The Hall–Kier alpha value is -2.06. The number of aromatic nitrogens is 2. The molecule has 0 bridgehead atoms. The van der Waals surface area contributed by atoms with E-state index in [1.54, 1.807) is 16.8 Å². The largest absolute Gasteiger partial charge is 0.486 e. The van der Waals surface area contributed by atoms with E-state index in [1.807, 2.05) is 39.4 Å². The van der Waals surface area contributed by atoms with Gasteiger partial charge in [-0.15, -0.1) is 0 Å². The van der Waals surface area contributed by atoms with Crippen LogP contribution >= 0.6 is 0 Å². The molecule has 0 aliphatic carbocycles. The number of piperidine rings is 1. The third-order valence-corrected chi connectivity index (χ3v) is 6.69. The van der Waals surface area contributed by atoms with E-state index in [9.17, 15) is 8.42 Å². The fourth-order valence-corrected chi connectivity index (χ4v) is 5.39. The van der Waals surface area contributed by atoms with Crippen molar-refractivity contribution in [3.63, 3.8) is 0 Å². The fraction of sp³-hybridized carbons (Fsp3) is 0.526. The minimum Gasteiger partial charge on any atom is -0.486 e. The summed E-state index contributed by atoms with van der Waals surface area (Å²) in [5.41, 5.74) is 1.59. The molecule has 1 saturated heterocycles. The Morgan fingerprint density at radius 3 is 2.89 bits per heavy atom. The van der Waals surface area contributed by atoms with E-state index >= 15 is 0 Å². The summed E-state index contributed by atoms with van der Waals surface area (Å²) in [7, 11) is -1.78. The zero-order chi connectivity index (χ0) is 19.2. The number of benzene rings is 1. The van der Waals surface area contributed by atoms with Crippen LogP contribution in [0.3, 0.4) is 0 Å². The van der Waals surface area contributed by atoms with E-state index in [1.165, 1.54) is 0 Å². The highest BCUT2D eigenvalue weighted by molar-refractivity contribution is 7.89. The van der Waals surface area contributed by atoms with E-state index in [4.69, 9.17) is 4.74 Å². The lowest BCUT2D eigenvalue weighted by molar-refractivity contribution is 0.135. The first-order chi connectivity index (χ1) is 12.7. The molecule has 0 unspecified atom stereocenters. The predicted molar refractivity (Wildman–Crippen MR) is 104 cm³/mol. The molecule has 0 saturated carbocycles. The quantitative estimate of drug-likeness (QED) is 0.865. The monoisotopic (exact) mass is 390 g/mol. The molecule has 0 spiro atoms. The highest BCUT2D eigenvalue weighted by atomic mass is 32.2. The number of para-hydroxylation sites is 1. The van der Waals surface area contributed by atoms with Gasteiger partial charge in [-0.3, -0.25) is 4.68 Å². The van der Waals surface area contributed by atoms with E-state index in [0.29, 0.717) is 18.7 Å². The zero-order valence-electron chi connectivity index (χ0n) is 16.0. The lowest BCUT2D eigenvalue weighted by Crippen LogP contribution is -2.47. The minimum absolute atomic E-state index is 0.144. The summed E-state index contributed by atoms with van der Waals surface area (Å²) in [6.45, 7) is 5.49. The second-order valence-electron chi connectivity index (χ2n) is 8.06. The molecule has 8 heteroatoms. The summed E-state index contributed by atoms with van der Waals surface area (Å²) in [5, 5.41) is 4.21. The van der Waals surface area contributed by atoms with Gasteiger partial charge in [-0.1, -0.05) is 12.1 Å². The molecule has 2 aliphatic heterocycles. The number of ether oxygens (including phenoxy) is 1. The van der Waals surface area contributed by atoms with Crippen LogP contribution in [0.1, 0.15) is 32.3 Å². The first-order valence-corrected chi connectivity index (χ1v) is 10.8. The maximum atomic E-state index is 13.1. The summed E-state index contributed by atoms with van der Waals surface area (Å²) >= 11 is 0. The molecule has 0 amide bonds. The first kappa shape index (κ1) is 18.3. The van der Waals surface area contributed by atoms with Crippen molar-refractivity contribution in [2.24, 2.45) is 7.05 Å². The number of fused-ring (bicyclic) bond motifs is 1. The van der Waals surface area contributed by atoms with Crippen molar-refractivity contribution in [1.29, 1.82) is 0 Å². The van der Waals surface area contributed by atoms with Crippen LogP contribution in [-0.4, -0.2) is 42.9 Å². The van der Waals surface area contributed by atoms with Gasteiger partial charge >= 0.3 is 0 Å². The van der Waals surface area contributed by atoms with E-state index in [2.05, 4.69) is 14.7 Å². The standard InChI is InChI=1S/C19H26N4O3S/c1-19(2)10-14-6-4-8-17(18(14)26-19)27(24,25)21-15-7-5-9-23(12-15)16-11-20-22(3)13-16/h4,6,8,11,13,15,21H,5,7,9-10,12H2,1-3H3/t15-/m0/s1. The van der Waals surface area contributed by atoms with Gasteiger partial charge in [-0.2, -0.15) is 5.10 Å². The maximum absolute atomic E-state index is 13.1. The second kappa shape index (κ2) is 6.53. The van der Waals surface area contributed by atoms with Crippen molar-refractivity contribution < 1.29 is 13.2 Å². The predicted octanol–water partition coefficient (Wildman–Crippen LogP) is 2.08. The molecule has 7 nitrogen and oxygen atoms in total. The van der Waals surface area contributed by atoms with Crippen molar-refractivity contribution in [2.45, 2.75) is 49.6 Å². The first-order valence-electron chi connectivity index (χ1n) is 9.30. The van der Waals surface area contributed by atoms with Crippen LogP contribution in [0.4, 0.5) is 5.69 Å². The Balaban J connectivity index is 1.54. The van der Waals surface area contributed by atoms with Gasteiger partial charge in [0, 0.05) is 38.8 Å². The molecule has 1 fully saturated rings. The highest BCUT2D eigenvalue weighted by Crippen LogP contribution is 2.39. The van der Waals surface area contributed by atoms with E-state index in [0.717, 1.165) is 30.6 Å². The number of hydrogen-bond donors (Lipinski definition) is 1. The van der Waals surface area contributed by atoms with Crippen molar-refractivity contribution in [3.8, 4) is 5.75 Å². The molecule has 27 heavy (non-hydrogen) atoms. The van der Waals surface area contributed by atoms with Crippen molar-refractivity contribution >= 4 is 15.7 Å². The normalized spacial score (nSPS) is 21.7. The molecule has 1 atom stereocenters. The van der Waals surface area contributed by atoms with Gasteiger partial charge in [-0.05, 0) is 38.3 Å². The second-order valence-corrected chi connectivity index (χ2v) is 9.74. The van der Waals surface area contributed by atoms with Crippen LogP contribution in [0.15, 0.2) is 35.5 Å². The van der Waals surface area contributed by atoms with Crippen LogP contribution < -0.4 is 14.4 Å². The smallest absolute Gasteiger partial charge is 0.244 e. The molecule has 0 radical (unpaired) electrons. The van der Waals surface area contributed by atoms with Gasteiger partial charge in [0.15, 0.2) is 0 Å². The van der Waals surface area contributed by atoms with Gasteiger partial charge in [0.25, 0.3) is 0 Å². The van der Waals surface area contributed by atoms with Crippen LogP contribution in [-0.2, 0) is 23.5 Å². The van der Waals surface area contributed by atoms with E-state index < -0.39 is 10.0 Å². The Bertz CT molecular complexity index is 952. The van der Waals surface area contributed by atoms with Crippen molar-refractivity contribution in [3.05, 3.63) is 36.2 Å². The third-order valence-electron chi connectivity index (χ3n) is 5.14. The van der Waals surface area contributed by atoms with Crippen molar-refractivity contribution in [2.75, 3.05) is 18.0 Å². The molecule has 4 rings (SSSR count). The molecule has 2 aromatic rings. The van der Waals surface area contributed by atoms with Gasteiger partial charge < -0.3 is 9.64 Å². The van der Waals surface area contributed by atoms with Gasteiger partial charge in [0.1, 0.15) is 16.2 Å². The summed E-state index contributed by atoms with van der Waals surface area (Å²) in [6, 6.07) is 5.22. The third kappa shape index (κ3) is 3.68. The average Bonchev–Trinajstić information content (AvgIpc) is 3.15. The lowest BCUT2D eigenvalue weighted by Gasteiger charge is -2.33. The van der Waals surface area contributed by atoms with Gasteiger partial charge in [0.05, 0.1) is 11.9 Å². The SMILES string of the molecule is Cn1cc(N2CCC[C@H](NS(=O)(=O)c3cccc4c3OC(C)(C)C4)C2)cn1. The Morgan fingerprint density at radius 2 is 2.15 bits per heavy atom. The summed E-state index contributed by atoms with van der Waals surface area (Å²) in [5.74, 6) is 0.495. The molecule has 3 heterocycles. The number of hydrogen-bond acceptors (Lipinski definition) is 5. The number of aryl methyl sites for hydroxylation is 1. The molecule has 1 aromatic heterocycles. The molecule has 1 aromatic carbocycles. The Kier molecular flexibility index (Phi) is 4.43. The topological polar surface area (TPSA) is 76.5 Å². The number of nitrogens with zero attached hydrogens (tertiary/aromatic N) is 3. The Morgan fingerprint density at radius 1 is 1.33 bits per heavy atom. The molecule has 1 N–H and O–H groups in total. The number of anilines is 1. The number of rotatable bonds is 4. The fourth-order valence-electron chi connectivity index (χ4n) is 3.96.